The van der Waals surface area contributed by atoms with E-state index in [0.29, 0.717) is 17.1 Å². The molecule has 6 nitrogen and oxygen atoms in total. The predicted octanol–water partition coefficient (Wildman–Crippen LogP) is 1.06. The molecule has 0 saturated heterocycles. The average molecular weight is 278 g/mol. The van der Waals surface area contributed by atoms with Gasteiger partial charge >= 0.3 is 0 Å². The Kier molecular flexibility index (Phi) is 3.83. The highest BCUT2D eigenvalue weighted by molar-refractivity contribution is 5.97. The molecule has 1 aliphatic heterocycles. The summed E-state index contributed by atoms with van der Waals surface area (Å²) >= 11 is 0. The van der Waals surface area contributed by atoms with Gasteiger partial charge in [0.25, 0.3) is 5.91 Å². The molecule has 2 amide bonds. The van der Waals surface area contributed by atoms with Crippen molar-refractivity contribution in [1.29, 1.82) is 0 Å². The molecule has 2 N–H and O–H groups in total. The van der Waals surface area contributed by atoms with Crippen molar-refractivity contribution in [2.24, 2.45) is 0 Å². The van der Waals surface area contributed by atoms with Crippen LogP contribution in [-0.2, 0) is 4.79 Å². The summed E-state index contributed by atoms with van der Waals surface area (Å²) in [5, 5.41) is 5.33. The maximum atomic E-state index is 11.9. The van der Waals surface area contributed by atoms with Crippen LogP contribution in [0.2, 0.25) is 0 Å². The Bertz CT molecular complexity index is 534. The summed E-state index contributed by atoms with van der Waals surface area (Å²) in [6.07, 6.45) is 0. The van der Waals surface area contributed by atoms with E-state index in [0.717, 1.165) is 0 Å². The van der Waals surface area contributed by atoms with E-state index in [9.17, 15) is 9.59 Å². The van der Waals surface area contributed by atoms with Crippen LogP contribution in [-0.4, -0.2) is 30.7 Å². The molecule has 0 aromatic heterocycles. The molecule has 1 heterocycles. The van der Waals surface area contributed by atoms with Crippen LogP contribution in [0.3, 0.4) is 0 Å². The van der Waals surface area contributed by atoms with Crippen LogP contribution in [0.25, 0.3) is 0 Å². The van der Waals surface area contributed by atoms with E-state index in [1.807, 2.05) is 20.8 Å². The molecule has 0 spiro atoms. The highest BCUT2D eigenvalue weighted by Gasteiger charge is 2.17. The second-order valence-corrected chi connectivity index (χ2v) is 5.55. The molecule has 0 fully saturated rings. The lowest BCUT2D eigenvalue weighted by atomic mass is 10.1. The number of amides is 2. The molecule has 1 aromatic rings. The number of hydrogen-bond acceptors (Lipinski definition) is 4. The summed E-state index contributed by atoms with van der Waals surface area (Å²) in [6, 6.07) is 4.90. The molecule has 0 radical (unpaired) electrons. The van der Waals surface area contributed by atoms with Gasteiger partial charge in [0, 0.05) is 11.1 Å². The molecule has 0 bridgehead atoms. The molecule has 1 aromatic carbocycles. The summed E-state index contributed by atoms with van der Waals surface area (Å²) in [7, 11) is 0. The van der Waals surface area contributed by atoms with Crippen LogP contribution in [0.15, 0.2) is 18.2 Å². The standard InChI is InChI=1S/C14H18N2O4/c1-14(2,3)16-12(17)7-15-13(18)9-4-5-10-11(6-9)20-8-19-10/h4-6H,7-8H2,1-3H3,(H,15,18)(H,16,17). The Morgan fingerprint density at radius 2 is 1.90 bits per heavy atom. The minimum absolute atomic E-state index is 0.0649. The molecule has 0 saturated carbocycles. The molecular formula is C14H18N2O4. The van der Waals surface area contributed by atoms with Gasteiger partial charge in [-0.15, -0.1) is 0 Å². The third-order valence-electron chi connectivity index (χ3n) is 2.56. The van der Waals surface area contributed by atoms with Crippen molar-refractivity contribution in [3.05, 3.63) is 23.8 Å². The number of carbonyl (C=O) groups is 2. The zero-order valence-electron chi connectivity index (χ0n) is 11.8. The highest BCUT2D eigenvalue weighted by atomic mass is 16.7. The summed E-state index contributed by atoms with van der Waals surface area (Å²) in [5.41, 5.74) is 0.110. The summed E-state index contributed by atoms with van der Waals surface area (Å²) in [6.45, 7) is 5.73. The van der Waals surface area contributed by atoms with Crippen molar-refractivity contribution in [3.63, 3.8) is 0 Å². The summed E-state index contributed by atoms with van der Waals surface area (Å²) in [5.74, 6) is 0.600. The van der Waals surface area contributed by atoms with Gasteiger partial charge in [0.05, 0.1) is 6.54 Å². The number of hydrogen-bond donors (Lipinski definition) is 2. The molecular weight excluding hydrogens is 260 g/mol. The van der Waals surface area contributed by atoms with Crippen molar-refractivity contribution in [3.8, 4) is 11.5 Å². The number of nitrogens with one attached hydrogen (secondary N) is 2. The van der Waals surface area contributed by atoms with Crippen molar-refractivity contribution < 1.29 is 19.1 Å². The number of carbonyl (C=O) groups excluding carboxylic acids is 2. The van der Waals surface area contributed by atoms with E-state index in [2.05, 4.69) is 10.6 Å². The van der Waals surface area contributed by atoms with Gasteiger partial charge in [0.2, 0.25) is 12.7 Å². The topological polar surface area (TPSA) is 76.7 Å². The lowest BCUT2D eigenvalue weighted by Crippen LogP contribution is -2.45. The number of ether oxygens (including phenoxy) is 2. The van der Waals surface area contributed by atoms with E-state index in [4.69, 9.17) is 9.47 Å². The lowest BCUT2D eigenvalue weighted by Gasteiger charge is -2.20. The Morgan fingerprint density at radius 1 is 1.20 bits per heavy atom. The average Bonchev–Trinajstić information content (AvgIpc) is 2.80. The van der Waals surface area contributed by atoms with Gasteiger partial charge in [-0.2, -0.15) is 0 Å². The van der Waals surface area contributed by atoms with Gasteiger partial charge in [-0.25, -0.2) is 0 Å². The Morgan fingerprint density at radius 3 is 2.60 bits per heavy atom. The minimum atomic E-state index is -0.327. The SMILES string of the molecule is CC(C)(C)NC(=O)CNC(=O)c1ccc2c(c1)OCO2. The van der Waals surface area contributed by atoms with Crippen LogP contribution < -0.4 is 20.1 Å². The maximum absolute atomic E-state index is 11.9. The van der Waals surface area contributed by atoms with Crippen LogP contribution >= 0.6 is 0 Å². The first-order chi connectivity index (χ1) is 9.35. The zero-order chi connectivity index (χ0) is 14.8. The summed E-state index contributed by atoms with van der Waals surface area (Å²) < 4.78 is 10.4. The van der Waals surface area contributed by atoms with E-state index >= 15 is 0 Å². The molecule has 20 heavy (non-hydrogen) atoms. The largest absolute Gasteiger partial charge is 0.454 e. The molecule has 0 aliphatic carbocycles. The van der Waals surface area contributed by atoms with Gasteiger partial charge in [0.1, 0.15) is 0 Å². The van der Waals surface area contributed by atoms with Crippen LogP contribution in [0, 0.1) is 0 Å². The maximum Gasteiger partial charge on any atom is 0.251 e. The van der Waals surface area contributed by atoms with E-state index < -0.39 is 0 Å². The third-order valence-corrected chi connectivity index (χ3v) is 2.56. The van der Waals surface area contributed by atoms with Crippen LogP contribution in [0.4, 0.5) is 0 Å². The van der Waals surface area contributed by atoms with Crippen molar-refractivity contribution in [1.82, 2.24) is 10.6 Å². The van der Waals surface area contributed by atoms with Gasteiger partial charge in [-0.3, -0.25) is 9.59 Å². The predicted molar refractivity (Wildman–Crippen MR) is 72.8 cm³/mol. The van der Waals surface area contributed by atoms with Gasteiger partial charge < -0.3 is 20.1 Å². The minimum Gasteiger partial charge on any atom is -0.454 e. The summed E-state index contributed by atoms with van der Waals surface area (Å²) in [4.78, 5) is 23.5. The van der Waals surface area contributed by atoms with E-state index in [-0.39, 0.29) is 30.7 Å². The number of fused-ring (bicyclic) bond motifs is 1. The van der Waals surface area contributed by atoms with Crippen LogP contribution in [0.1, 0.15) is 31.1 Å². The molecule has 0 unspecified atom stereocenters. The molecule has 108 valence electrons. The normalized spacial score (nSPS) is 12.9. The van der Waals surface area contributed by atoms with Gasteiger partial charge in [-0.1, -0.05) is 0 Å². The molecule has 1 aliphatic rings. The first-order valence-corrected chi connectivity index (χ1v) is 6.34. The first kappa shape index (κ1) is 14.2. The smallest absolute Gasteiger partial charge is 0.251 e. The quantitative estimate of drug-likeness (QED) is 0.866. The van der Waals surface area contributed by atoms with E-state index in [1.165, 1.54) is 0 Å². The fraction of sp³-hybridized carbons (Fsp3) is 0.429. The van der Waals surface area contributed by atoms with E-state index in [1.54, 1.807) is 18.2 Å². The van der Waals surface area contributed by atoms with Crippen molar-refractivity contribution >= 4 is 11.8 Å². The number of benzene rings is 1. The monoisotopic (exact) mass is 278 g/mol. The Hall–Kier alpha value is -2.24. The highest BCUT2D eigenvalue weighted by Crippen LogP contribution is 2.32. The van der Waals surface area contributed by atoms with Gasteiger partial charge in [0.15, 0.2) is 11.5 Å². The van der Waals surface area contributed by atoms with Crippen LogP contribution in [0.5, 0.6) is 11.5 Å². The first-order valence-electron chi connectivity index (χ1n) is 6.34. The third kappa shape index (κ3) is 3.63. The fourth-order valence-corrected chi connectivity index (χ4v) is 1.76. The van der Waals surface area contributed by atoms with Crippen molar-refractivity contribution in [2.45, 2.75) is 26.3 Å². The molecule has 6 heteroatoms. The second-order valence-electron chi connectivity index (χ2n) is 5.55. The van der Waals surface area contributed by atoms with Gasteiger partial charge in [-0.05, 0) is 39.0 Å². The Labute approximate surface area is 117 Å². The molecule has 2 rings (SSSR count). The second kappa shape index (κ2) is 5.40. The molecule has 0 atom stereocenters. The number of rotatable bonds is 3. The fourth-order valence-electron chi connectivity index (χ4n) is 1.76. The van der Waals surface area contributed by atoms with Crippen molar-refractivity contribution in [2.75, 3.05) is 13.3 Å². The zero-order valence-corrected chi connectivity index (χ0v) is 11.8. The lowest BCUT2D eigenvalue weighted by molar-refractivity contribution is -0.121. The Balaban J connectivity index is 1.91.